The summed E-state index contributed by atoms with van der Waals surface area (Å²) in [6, 6.07) is 0.738. The summed E-state index contributed by atoms with van der Waals surface area (Å²) in [6.45, 7) is -0.244. The average Bonchev–Trinajstić information content (AvgIpc) is 3.13. The summed E-state index contributed by atoms with van der Waals surface area (Å²) < 4.78 is 0. The first-order valence-corrected chi connectivity index (χ1v) is 8.72. The minimum atomic E-state index is -1.06. The summed E-state index contributed by atoms with van der Waals surface area (Å²) in [5.41, 5.74) is 11.3. The molecular weight excluding hydrogens is 354 g/mol. The SMILES string of the molecule is NC(N)=NC1CCCC(C(=O)NCC(=O)NC(CC(=O)O)c2ccn[nH]2)C1. The second-order valence-electron chi connectivity index (χ2n) is 6.52. The minimum absolute atomic E-state index is 0.00344. The Kier molecular flexibility index (Phi) is 7.15. The van der Waals surface area contributed by atoms with Crippen molar-refractivity contribution in [3.8, 4) is 0 Å². The van der Waals surface area contributed by atoms with Gasteiger partial charge < -0.3 is 27.2 Å². The van der Waals surface area contributed by atoms with Crippen molar-refractivity contribution in [2.24, 2.45) is 22.4 Å². The van der Waals surface area contributed by atoms with Gasteiger partial charge in [-0.25, -0.2) is 0 Å². The molecule has 0 spiro atoms. The number of nitrogens with zero attached hydrogens (tertiary/aromatic N) is 2. The van der Waals surface area contributed by atoms with Crippen LogP contribution in [0, 0.1) is 5.92 Å². The molecular formula is C16H25N7O4. The van der Waals surface area contributed by atoms with E-state index < -0.39 is 17.9 Å². The Morgan fingerprint density at radius 1 is 1.37 bits per heavy atom. The van der Waals surface area contributed by atoms with Crippen molar-refractivity contribution in [3.05, 3.63) is 18.0 Å². The van der Waals surface area contributed by atoms with E-state index in [4.69, 9.17) is 16.6 Å². The van der Waals surface area contributed by atoms with Crippen molar-refractivity contribution in [3.63, 3.8) is 0 Å². The first-order valence-electron chi connectivity index (χ1n) is 8.72. The standard InChI is InChI=1S/C16H25N7O4/c17-16(18)21-10-3-1-2-9(6-10)15(27)19-8-13(24)22-12(7-14(25)26)11-4-5-20-23-11/h4-5,9-10,12H,1-3,6-8H2,(H,19,27)(H,20,23)(H,22,24)(H,25,26)(H4,17,18,21). The zero-order chi connectivity index (χ0) is 19.8. The molecule has 1 aromatic heterocycles. The molecule has 3 unspecified atom stereocenters. The highest BCUT2D eigenvalue weighted by atomic mass is 16.4. The van der Waals surface area contributed by atoms with Crippen LogP contribution in [0.5, 0.6) is 0 Å². The number of carbonyl (C=O) groups is 3. The molecule has 11 nitrogen and oxygen atoms in total. The van der Waals surface area contributed by atoms with Crippen molar-refractivity contribution in [2.45, 2.75) is 44.2 Å². The Morgan fingerprint density at radius 3 is 2.78 bits per heavy atom. The summed E-state index contributed by atoms with van der Waals surface area (Å²) in [7, 11) is 0. The lowest BCUT2D eigenvalue weighted by molar-refractivity contribution is -0.138. The Morgan fingerprint density at radius 2 is 2.15 bits per heavy atom. The second-order valence-corrected chi connectivity index (χ2v) is 6.52. The van der Waals surface area contributed by atoms with E-state index in [0.29, 0.717) is 18.5 Å². The van der Waals surface area contributed by atoms with E-state index in [-0.39, 0.29) is 36.8 Å². The minimum Gasteiger partial charge on any atom is -0.481 e. The van der Waals surface area contributed by atoms with Crippen LogP contribution in [-0.4, -0.2) is 51.6 Å². The largest absolute Gasteiger partial charge is 0.481 e. The number of hydrogen-bond donors (Lipinski definition) is 6. The first kappa shape index (κ1) is 20.2. The molecule has 148 valence electrons. The molecule has 3 atom stereocenters. The lowest BCUT2D eigenvalue weighted by Crippen LogP contribution is -2.42. The fourth-order valence-electron chi connectivity index (χ4n) is 3.16. The Bertz CT molecular complexity index is 685. The molecule has 8 N–H and O–H groups in total. The third kappa shape index (κ3) is 6.60. The second kappa shape index (κ2) is 9.55. The van der Waals surface area contributed by atoms with E-state index in [1.807, 2.05) is 0 Å². The summed E-state index contributed by atoms with van der Waals surface area (Å²) in [4.78, 5) is 39.5. The molecule has 2 rings (SSSR count). The van der Waals surface area contributed by atoms with Crippen LogP contribution in [0.15, 0.2) is 17.3 Å². The summed E-state index contributed by atoms with van der Waals surface area (Å²) in [5.74, 6) is -2.05. The molecule has 1 aliphatic rings. The summed E-state index contributed by atoms with van der Waals surface area (Å²) >= 11 is 0. The van der Waals surface area contributed by atoms with Crippen LogP contribution in [0.3, 0.4) is 0 Å². The maximum Gasteiger partial charge on any atom is 0.305 e. The number of carboxylic acid groups (broad SMARTS) is 1. The van der Waals surface area contributed by atoms with Crippen molar-refractivity contribution in [1.29, 1.82) is 0 Å². The van der Waals surface area contributed by atoms with Gasteiger partial charge in [-0.05, 0) is 25.3 Å². The fraction of sp³-hybridized carbons (Fsp3) is 0.562. The number of nitrogens with two attached hydrogens (primary N) is 2. The van der Waals surface area contributed by atoms with Gasteiger partial charge in [0.05, 0.1) is 30.7 Å². The van der Waals surface area contributed by atoms with Crippen molar-refractivity contribution in [2.75, 3.05) is 6.54 Å². The predicted molar refractivity (Wildman–Crippen MR) is 96.3 cm³/mol. The van der Waals surface area contributed by atoms with Crippen LogP contribution >= 0.6 is 0 Å². The molecule has 1 saturated carbocycles. The number of aliphatic imine (C=N–C) groups is 1. The predicted octanol–water partition coefficient (Wildman–Crippen LogP) is -1.01. The molecule has 0 radical (unpaired) electrons. The zero-order valence-electron chi connectivity index (χ0n) is 14.9. The number of nitrogens with one attached hydrogen (secondary N) is 3. The van der Waals surface area contributed by atoms with Gasteiger partial charge in [-0.15, -0.1) is 0 Å². The molecule has 1 heterocycles. The highest BCUT2D eigenvalue weighted by Crippen LogP contribution is 2.26. The number of H-pyrrole nitrogens is 1. The van der Waals surface area contributed by atoms with E-state index in [0.717, 1.165) is 12.8 Å². The Balaban J connectivity index is 1.84. The summed E-state index contributed by atoms with van der Waals surface area (Å²) in [6.07, 6.45) is 4.05. The number of aromatic amines is 1. The van der Waals surface area contributed by atoms with Gasteiger partial charge in [0.15, 0.2) is 5.96 Å². The number of aliphatic carboxylic acids is 1. The number of aromatic nitrogens is 2. The molecule has 2 amide bonds. The van der Waals surface area contributed by atoms with E-state index >= 15 is 0 Å². The quantitative estimate of drug-likeness (QED) is 0.246. The normalized spacial score (nSPS) is 20.3. The monoisotopic (exact) mass is 379 g/mol. The van der Waals surface area contributed by atoms with Crippen molar-refractivity contribution in [1.82, 2.24) is 20.8 Å². The van der Waals surface area contributed by atoms with Gasteiger partial charge in [-0.2, -0.15) is 5.10 Å². The third-order valence-electron chi connectivity index (χ3n) is 4.38. The number of carboxylic acids is 1. The molecule has 0 saturated heterocycles. The van der Waals surface area contributed by atoms with Gasteiger partial charge in [0.2, 0.25) is 11.8 Å². The highest BCUT2D eigenvalue weighted by molar-refractivity contribution is 5.86. The molecule has 1 aliphatic carbocycles. The first-order chi connectivity index (χ1) is 12.8. The molecule has 0 aromatic carbocycles. The maximum atomic E-state index is 12.3. The number of hydrogen-bond acceptors (Lipinski definition) is 5. The number of guanidine groups is 1. The maximum absolute atomic E-state index is 12.3. The van der Waals surface area contributed by atoms with E-state index in [9.17, 15) is 14.4 Å². The van der Waals surface area contributed by atoms with Crippen LogP contribution in [-0.2, 0) is 14.4 Å². The molecule has 1 aromatic rings. The molecule has 0 bridgehead atoms. The number of amides is 2. The number of carbonyl (C=O) groups excluding carboxylic acids is 2. The van der Waals surface area contributed by atoms with Crippen LogP contribution in [0.2, 0.25) is 0 Å². The topological polar surface area (TPSA) is 189 Å². The van der Waals surface area contributed by atoms with Gasteiger partial charge >= 0.3 is 5.97 Å². The molecule has 1 fully saturated rings. The van der Waals surface area contributed by atoms with E-state index in [1.54, 1.807) is 6.07 Å². The Hall–Kier alpha value is -3.11. The lowest BCUT2D eigenvalue weighted by atomic mass is 9.85. The van der Waals surface area contributed by atoms with Gasteiger partial charge in [-0.3, -0.25) is 24.5 Å². The van der Waals surface area contributed by atoms with Crippen LogP contribution in [0.4, 0.5) is 0 Å². The lowest BCUT2D eigenvalue weighted by Gasteiger charge is -2.26. The van der Waals surface area contributed by atoms with Crippen molar-refractivity contribution >= 4 is 23.7 Å². The zero-order valence-corrected chi connectivity index (χ0v) is 14.9. The van der Waals surface area contributed by atoms with Gasteiger partial charge in [0, 0.05) is 12.1 Å². The average molecular weight is 379 g/mol. The van der Waals surface area contributed by atoms with Crippen LogP contribution in [0.1, 0.15) is 43.8 Å². The molecule has 0 aliphatic heterocycles. The highest BCUT2D eigenvalue weighted by Gasteiger charge is 2.27. The molecule has 27 heavy (non-hydrogen) atoms. The fourth-order valence-corrected chi connectivity index (χ4v) is 3.16. The van der Waals surface area contributed by atoms with Gasteiger partial charge in [-0.1, -0.05) is 6.42 Å². The summed E-state index contributed by atoms with van der Waals surface area (Å²) in [5, 5.41) is 20.6. The van der Waals surface area contributed by atoms with E-state index in [2.05, 4.69) is 25.8 Å². The van der Waals surface area contributed by atoms with Crippen LogP contribution in [0.25, 0.3) is 0 Å². The molecule has 11 heteroatoms. The van der Waals surface area contributed by atoms with Gasteiger partial charge in [0.25, 0.3) is 0 Å². The third-order valence-corrected chi connectivity index (χ3v) is 4.38. The Labute approximate surface area is 156 Å². The smallest absolute Gasteiger partial charge is 0.305 e. The van der Waals surface area contributed by atoms with E-state index in [1.165, 1.54) is 6.20 Å². The number of rotatable bonds is 8. The van der Waals surface area contributed by atoms with Gasteiger partial charge in [0.1, 0.15) is 0 Å². The van der Waals surface area contributed by atoms with Crippen molar-refractivity contribution < 1.29 is 19.5 Å². The van der Waals surface area contributed by atoms with Crippen LogP contribution < -0.4 is 22.1 Å².